The number of benzene rings is 1. The lowest BCUT2D eigenvalue weighted by Crippen LogP contribution is -2.33. The fourth-order valence-electron chi connectivity index (χ4n) is 2.33. The zero-order chi connectivity index (χ0) is 21.6. The molecule has 0 unspecified atom stereocenters. The van der Waals surface area contributed by atoms with E-state index in [2.05, 4.69) is 0 Å². The minimum absolute atomic E-state index is 0.106. The SMILES string of the molecule is CCOC(=O)COc1c(I)cc(/C=C2/SC(=O)N(CC(=O)O)C2=O)cc1OCC. The molecule has 0 aromatic heterocycles. The lowest BCUT2D eigenvalue weighted by molar-refractivity contribution is -0.145. The summed E-state index contributed by atoms with van der Waals surface area (Å²) in [7, 11) is 0. The quantitative estimate of drug-likeness (QED) is 0.289. The van der Waals surface area contributed by atoms with Crippen LogP contribution in [0.3, 0.4) is 0 Å². The van der Waals surface area contributed by atoms with Crippen molar-refractivity contribution >= 4 is 63.5 Å². The summed E-state index contributed by atoms with van der Waals surface area (Å²) in [6.07, 6.45) is 1.48. The van der Waals surface area contributed by atoms with Gasteiger partial charge in [-0.2, -0.15) is 0 Å². The van der Waals surface area contributed by atoms with Crippen LogP contribution < -0.4 is 9.47 Å². The average Bonchev–Trinajstić information content (AvgIpc) is 2.88. The topological polar surface area (TPSA) is 119 Å². The number of aliphatic carboxylic acids is 1. The Hall–Kier alpha value is -2.28. The van der Waals surface area contributed by atoms with Crippen molar-refractivity contribution in [1.82, 2.24) is 4.90 Å². The fourth-order valence-corrected chi connectivity index (χ4v) is 3.95. The normalized spacial score (nSPS) is 15.0. The number of amides is 2. The van der Waals surface area contributed by atoms with Gasteiger partial charge in [0.05, 0.1) is 21.7 Å². The minimum Gasteiger partial charge on any atom is -0.490 e. The van der Waals surface area contributed by atoms with Crippen LogP contribution in [0.15, 0.2) is 17.0 Å². The highest BCUT2D eigenvalue weighted by molar-refractivity contribution is 14.1. The van der Waals surface area contributed by atoms with E-state index in [0.29, 0.717) is 43.9 Å². The van der Waals surface area contributed by atoms with E-state index in [9.17, 15) is 19.2 Å². The second kappa shape index (κ2) is 10.5. The summed E-state index contributed by atoms with van der Waals surface area (Å²) in [4.78, 5) is 47.3. The van der Waals surface area contributed by atoms with Crippen molar-refractivity contribution in [1.29, 1.82) is 0 Å². The third-order valence-corrected chi connectivity index (χ3v) is 5.14. The van der Waals surface area contributed by atoms with Crippen molar-refractivity contribution in [3.63, 3.8) is 0 Å². The van der Waals surface area contributed by atoms with E-state index in [1.54, 1.807) is 26.0 Å². The zero-order valence-corrected chi connectivity index (χ0v) is 18.6. The van der Waals surface area contributed by atoms with E-state index in [0.717, 1.165) is 0 Å². The van der Waals surface area contributed by atoms with Gasteiger partial charge in [0.1, 0.15) is 6.54 Å². The maximum Gasteiger partial charge on any atom is 0.344 e. The lowest BCUT2D eigenvalue weighted by Gasteiger charge is -2.14. The number of halogens is 1. The van der Waals surface area contributed by atoms with E-state index in [4.69, 9.17) is 19.3 Å². The number of carbonyl (C=O) groups is 4. The summed E-state index contributed by atoms with van der Waals surface area (Å²) in [6, 6.07) is 3.30. The van der Waals surface area contributed by atoms with E-state index in [1.165, 1.54) is 6.08 Å². The van der Waals surface area contributed by atoms with Gasteiger partial charge in [-0.15, -0.1) is 0 Å². The molecule has 156 valence electrons. The molecule has 1 heterocycles. The first kappa shape index (κ1) is 23.0. The first-order chi connectivity index (χ1) is 13.8. The Labute approximate surface area is 184 Å². The van der Waals surface area contributed by atoms with Crippen molar-refractivity contribution in [3.8, 4) is 11.5 Å². The number of carbonyl (C=O) groups excluding carboxylic acids is 3. The predicted octanol–water partition coefficient (Wildman–Crippen LogP) is 2.75. The molecule has 1 N–H and O–H groups in total. The lowest BCUT2D eigenvalue weighted by atomic mass is 10.2. The number of carboxylic acid groups (broad SMARTS) is 1. The molecule has 2 amide bonds. The Morgan fingerprint density at radius 1 is 1.21 bits per heavy atom. The van der Waals surface area contributed by atoms with Crippen LogP contribution in [0.1, 0.15) is 19.4 Å². The summed E-state index contributed by atoms with van der Waals surface area (Å²) in [5.74, 6) is -1.74. The van der Waals surface area contributed by atoms with Crippen LogP contribution in [-0.2, 0) is 19.1 Å². The van der Waals surface area contributed by atoms with Gasteiger partial charge in [0.2, 0.25) is 0 Å². The van der Waals surface area contributed by atoms with Gasteiger partial charge in [-0.25, -0.2) is 4.79 Å². The molecule has 0 aliphatic carbocycles. The molecule has 2 rings (SSSR count). The van der Waals surface area contributed by atoms with Crippen molar-refractivity contribution in [3.05, 3.63) is 26.2 Å². The number of thioether (sulfide) groups is 1. The molecule has 1 fully saturated rings. The number of rotatable bonds is 9. The number of esters is 1. The number of ether oxygens (including phenoxy) is 3. The van der Waals surface area contributed by atoms with Crippen molar-refractivity contribution in [2.45, 2.75) is 13.8 Å². The molecular weight excluding hydrogens is 517 g/mol. The standard InChI is InChI=1S/C18H18INO8S/c1-3-26-12-6-10(5-11(19)16(12)28-9-15(23)27-4-2)7-13-17(24)20(8-14(21)22)18(25)29-13/h5-7H,3-4,8-9H2,1-2H3,(H,21,22)/b13-7+. The number of hydrogen-bond donors (Lipinski definition) is 1. The molecule has 9 nitrogen and oxygen atoms in total. The van der Waals surface area contributed by atoms with Gasteiger partial charge < -0.3 is 19.3 Å². The molecule has 1 aromatic carbocycles. The first-order valence-electron chi connectivity index (χ1n) is 8.48. The molecule has 1 aromatic rings. The molecule has 11 heteroatoms. The Bertz CT molecular complexity index is 870. The predicted molar refractivity (Wildman–Crippen MR) is 113 cm³/mol. The minimum atomic E-state index is -1.27. The largest absolute Gasteiger partial charge is 0.490 e. The van der Waals surface area contributed by atoms with Crippen LogP contribution in [0, 0.1) is 3.57 Å². The third-order valence-electron chi connectivity index (χ3n) is 3.44. The highest BCUT2D eigenvalue weighted by atomic mass is 127. The molecule has 1 aliphatic rings. The highest BCUT2D eigenvalue weighted by Crippen LogP contribution is 2.37. The number of nitrogens with zero attached hydrogens (tertiary/aromatic N) is 1. The molecule has 0 bridgehead atoms. The summed E-state index contributed by atoms with van der Waals surface area (Å²) < 4.78 is 16.6. The molecule has 0 atom stereocenters. The van der Waals surface area contributed by atoms with Crippen LogP contribution in [0.5, 0.6) is 11.5 Å². The third kappa shape index (κ3) is 6.10. The van der Waals surface area contributed by atoms with Crippen molar-refractivity contribution in [2.24, 2.45) is 0 Å². The summed E-state index contributed by atoms with van der Waals surface area (Å²) in [5.41, 5.74) is 0.558. The monoisotopic (exact) mass is 535 g/mol. The summed E-state index contributed by atoms with van der Waals surface area (Å²) >= 11 is 2.67. The van der Waals surface area contributed by atoms with Crippen molar-refractivity contribution in [2.75, 3.05) is 26.4 Å². The van der Waals surface area contributed by atoms with Crippen LogP contribution in [0.25, 0.3) is 6.08 Å². The number of imide groups is 1. The zero-order valence-electron chi connectivity index (χ0n) is 15.6. The van der Waals surface area contributed by atoms with Crippen LogP contribution in [0.4, 0.5) is 4.79 Å². The fraction of sp³-hybridized carbons (Fsp3) is 0.333. The Kier molecular flexibility index (Phi) is 8.32. The Balaban J connectivity index is 2.29. The van der Waals surface area contributed by atoms with E-state index in [1.807, 2.05) is 22.6 Å². The second-order valence-corrected chi connectivity index (χ2v) is 7.67. The molecule has 0 spiro atoms. The Morgan fingerprint density at radius 2 is 1.93 bits per heavy atom. The maximum absolute atomic E-state index is 12.3. The summed E-state index contributed by atoms with van der Waals surface area (Å²) in [5, 5.41) is 8.19. The molecule has 1 saturated heterocycles. The van der Waals surface area contributed by atoms with E-state index >= 15 is 0 Å². The van der Waals surface area contributed by atoms with E-state index < -0.39 is 29.6 Å². The molecule has 0 saturated carbocycles. The van der Waals surface area contributed by atoms with Gasteiger partial charge >= 0.3 is 11.9 Å². The van der Waals surface area contributed by atoms with Crippen molar-refractivity contribution < 1.29 is 38.5 Å². The highest BCUT2D eigenvalue weighted by Gasteiger charge is 2.36. The first-order valence-corrected chi connectivity index (χ1v) is 10.4. The van der Waals surface area contributed by atoms with Gasteiger partial charge in [-0.1, -0.05) is 0 Å². The van der Waals surface area contributed by atoms with Gasteiger partial charge in [0, 0.05) is 0 Å². The number of hydrogen-bond acceptors (Lipinski definition) is 8. The van der Waals surface area contributed by atoms with Crippen LogP contribution in [0.2, 0.25) is 0 Å². The Morgan fingerprint density at radius 3 is 2.55 bits per heavy atom. The molecule has 0 radical (unpaired) electrons. The average molecular weight is 535 g/mol. The van der Waals surface area contributed by atoms with Gasteiger partial charge in [0.25, 0.3) is 11.1 Å². The molecule has 1 aliphatic heterocycles. The van der Waals surface area contributed by atoms with Gasteiger partial charge in [0.15, 0.2) is 18.1 Å². The second-order valence-electron chi connectivity index (χ2n) is 5.52. The summed E-state index contributed by atoms with van der Waals surface area (Å²) in [6.45, 7) is 3.09. The van der Waals surface area contributed by atoms with Gasteiger partial charge in [-0.05, 0) is 72.0 Å². The number of carboxylic acids is 1. The smallest absolute Gasteiger partial charge is 0.344 e. The molecule has 29 heavy (non-hydrogen) atoms. The van der Waals surface area contributed by atoms with Crippen LogP contribution in [-0.4, -0.2) is 59.5 Å². The van der Waals surface area contributed by atoms with E-state index in [-0.39, 0.29) is 18.1 Å². The molecular formula is C18H18INO8S. The van der Waals surface area contributed by atoms with Gasteiger partial charge in [-0.3, -0.25) is 19.3 Å². The maximum atomic E-state index is 12.3. The van der Waals surface area contributed by atoms with Crippen LogP contribution >= 0.6 is 34.4 Å².